The largest absolute Gasteiger partial charge is 0.394 e. The fraction of sp³-hybridized carbons (Fsp3) is 0.333. The zero-order valence-corrected chi connectivity index (χ0v) is 10.0. The summed E-state index contributed by atoms with van der Waals surface area (Å²) in [5.41, 5.74) is 0.118. The first-order valence-corrected chi connectivity index (χ1v) is 5.39. The minimum atomic E-state index is -0.941. The lowest BCUT2D eigenvalue weighted by Gasteiger charge is -2.12. The molecule has 15 heavy (non-hydrogen) atoms. The molecule has 1 atom stereocenters. The molecule has 0 aliphatic carbocycles. The molecule has 0 saturated carbocycles. The van der Waals surface area contributed by atoms with Crippen molar-refractivity contribution in [3.63, 3.8) is 0 Å². The van der Waals surface area contributed by atoms with Gasteiger partial charge >= 0.3 is 0 Å². The fourth-order valence-corrected chi connectivity index (χ4v) is 1.83. The Bertz CT molecular complexity index is 328. The van der Waals surface area contributed by atoms with Crippen molar-refractivity contribution < 1.29 is 14.6 Å². The van der Waals surface area contributed by atoms with E-state index >= 15 is 0 Å². The van der Waals surface area contributed by atoms with E-state index in [1.807, 2.05) is 0 Å². The summed E-state index contributed by atoms with van der Waals surface area (Å²) in [5.74, 6) is -0.514. The number of hydrogen-bond donors (Lipinski definition) is 3. The van der Waals surface area contributed by atoms with Gasteiger partial charge in [-0.1, -0.05) is 27.5 Å². The van der Waals surface area contributed by atoms with E-state index in [0.717, 1.165) is 0 Å². The lowest BCUT2D eigenvalue weighted by atomic mass is 10.3. The number of rotatable bonds is 4. The van der Waals surface area contributed by atoms with E-state index < -0.39 is 11.9 Å². The molecule has 3 N–H and O–H groups in total. The molecular formula is C9H10BrClFNO2. The molecule has 0 aliphatic heterocycles. The fourth-order valence-electron chi connectivity index (χ4n) is 0.996. The van der Waals surface area contributed by atoms with E-state index in [0.29, 0.717) is 4.47 Å². The van der Waals surface area contributed by atoms with Gasteiger partial charge in [0.1, 0.15) is 5.82 Å². The summed E-state index contributed by atoms with van der Waals surface area (Å²) in [7, 11) is 0. The van der Waals surface area contributed by atoms with E-state index in [1.54, 1.807) is 0 Å². The smallest absolute Gasteiger partial charge is 0.148 e. The van der Waals surface area contributed by atoms with Gasteiger partial charge in [0.2, 0.25) is 0 Å². The van der Waals surface area contributed by atoms with Crippen LogP contribution in [0.4, 0.5) is 10.1 Å². The maximum Gasteiger partial charge on any atom is 0.148 e. The standard InChI is InChI=1S/C9H10BrClFNO2/c10-5-1-7(11)9(8(12)2-5)13-3-6(15)4-14/h1-2,6,13-15H,3-4H2. The van der Waals surface area contributed by atoms with Gasteiger partial charge in [-0.05, 0) is 12.1 Å². The van der Waals surface area contributed by atoms with Gasteiger partial charge in [-0.2, -0.15) is 0 Å². The first kappa shape index (κ1) is 12.7. The molecule has 0 spiro atoms. The Hall–Kier alpha value is -0.360. The van der Waals surface area contributed by atoms with Gasteiger partial charge in [-0.25, -0.2) is 4.39 Å². The molecule has 1 aromatic carbocycles. The summed E-state index contributed by atoms with van der Waals surface area (Å²) in [6.45, 7) is -0.350. The van der Waals surface area contributed by atoms with E-state index in [-0.39, 0.29) is 23.9 Å². The number of anilines is 1. The van der Waals surface area contributed by atoms with Crippen LogP contribution in [0.3, 0.4) is 0 Å². The van der Waals surface area contributed by atoms with Crippen LogP contribution in [0.5, 0.6) is 0 Å². The second-order valence-electron chi connectivity index (χ2n) is 2.96. The van der Waals surface area contributed by atoms with Crippen LogP contribution in [-0.4, -0.2) is 29.5 Å². The van der Waals surface area contributed by atoms with Crippen LogP contribution >= 0.6 is 27.5 Å². The van der Waals surface area contributed by atoms with Crippen molar-refractivity contribution in [3.05, 3.63) is 27.4 Å². The zero-order chi connectivity index (χ0) is 11.4. The van der Waals surface area contributed by atoms with Gasteiger partial charge in [0, 0.05) is 11.0 Å². The third-order valence-corrected chi connectivity index (χ3v) is 2.49. The molecular weight excluding hydrogens is 288 g/mol. The van der Waals surface area contributed by atoms with Crippen molar-refractivity contribution in [2.45, 2.75) is 6.10 Å². The zero-order valence-electron chi connectivity index (χ0n) is 7.67. The van der Waals surface area contributed by atoms with Gasteiger partial charge in [0.05, 0.1) is 23.4 Å². The SMILES string of the molecule is OCC(O)CNc1c(F)cc(Br)cc1Cl. The number of benzene rings is 1. The van der Waals surface area contributed by atoms with Crippen molar-refractivity contribution in [2.75, 3.05) is 18.5 Å². The molecule has 0 amide bonds. The Labute approximate surface area is 100 Å². The molecule has 1 unspecified atom stereocenters. The highest BCUT2D eigenvalue weighted by molar-refractivity contribution is 9.10. The molecule has 0 fully saturated rings. The Morgan fingerprint density at radius 2 is 2.20 bits per heavy atom. The quantitative estimate of drug-likeness (QED) is 0.797. The van der Waals surface area contributed by atoms with E-state index in [4.69, 9.17) is 21.8 Å². The second kappa shape index (κ2) is 5.65. The molecule has 0 radical (unpaired) electrons. The highest BCUT2D eigenvalue weighted by atomic mass is 79.9. The summed E-state index contributed by atoms with van der Waals surface area (Å²) < 4.78 is 13.9. The van der Waals surface area contributed by atoms with Crippen molar-refractivity contribution in [2.24, 2.45) is 0 Å². The predicted molar refractivity (Wildman–Crippen MR) is 60.7 cm³/mol. The van der Waals surface area contributed by atoms with Crippen LogP contribution in [0, 0.1) is 5.82 Å². The average molecular weight is 299 g/mol. The average Bonchev–Trinajstić information content (AvgIpc) is 2.15. The Balaban J connectivity index is 2.77. The molecule has 84 valence electrons. The van der Waals surface area contributed by atoms with Crippen LogP contribution in [0.1, 0.15) is 0 Å². The molecule has 0 bridgehead atoms. The summed E-state index contributed by atoms with van der Waals surface area (Å²) in [6.07, 6.45) is -0.941. The molecule has 0 aromatic heterocycles. The Morgan fingerprint density at radius 1 is 1.53 bits per heavy atom. The van der Waals surface area contributed by atoms with E-state index in [2.05, 4.69) is 21.2 Å². The molecule has 6 heteroatoms. The Morgan fingerprint density at radius 3 is 2.73 bits per heavy atom. The first-order chi connectivity index (χ1) is 7.04. The summed E-state index contributed by atoms with van der Waals surface area (Å²) in [4.78, 5) is 0. The lowest BCUT2D eigenvalue weighted by molar-refractivity contribution is 0.105. The summed E-state index contributed by atoms with van der Waals surface area (Å²) >= 11 is 8.88. The van der Waals surface area contributed by atoms with Crippen LogP contribution in [-0.2, 0) is 0 Å². The summed E-state index contributed by atoms with van der Waals surface area (Å²) in [5, 5.41) is 20.5. The highest BCUT2D eigenvalue weighted by Gasteiger charge is 2.10. The van der Waals surface area contributed by atoms with Gasteiger partial charge < -0.3 is 15.5 Å². The third-order valence-electron chi connectivity index (χ3n) is 1.73. The lowest BCUT2D eigenvalue weighted by Crippen LogP contribution is -2.23. The van der Waals surface area contributed by atoms with E-state index in [9.17, 15) is 4.39 Å². The Kier molecular flexibility index (Phi) is 4.79. The number of nitrogens with one attached hydrogen (secondary N) is 1. The van der Waals surface area contributed by atoms with Gasteiger partial charge in [-0.15, -0.1) is 0 Å². The number of halogens is 3. The monoisotopic (exact) mass is 297 g/mol. The second-order valence-corrected chi connectivity index (χ2v) is 4.28. The third kappa shape index (κ3) is 3.61. The number of hydrogen-bond acceptors (Lipinski definition) is 3. The van der Waals surface area contributed by atoms with Crippen molar-refractivity contribution >= 4 is 33.2 Å². The van der Waals surface area contributed by atoms with E-state index in [1.165, 1.54) is 12.1 Å². The minimum absolute atomic E-state index is 0.0365. The van der Waals surface area contributed by atoms with Crippen LogP contribution in [0.25, 0.3) is 0 Å². The highest BCUT2D eigenvalue weighted by Crippen LogP contribution is 2.28. The molecule has 0 aliphatic rings. The van der Waals surface area contributed by atoms with Crippen molar-refractivity contribution in [1.29, 1.82) is 0 Å². The number of aliphatic hydroxyl groups excluding tert-OH is 2. The predicted octanol–water partition coefficient (Wildman–Crippen LogP) is 2.01. The molecule has 1 aromatic rings. The van der Waals surface area contributed by atoms with Crippen LogP contribution in [0.15, 0.2) is 16.6 Å². The molecule has 0 heterocycles. The van der Waals surface area contributed by atoms with Gasteiger partial charge in [0.25, 0.3) is 0 Å². The molecule has 1 rings (SSSR count). The van der Waals surface area contributed by atoms with Crippen molar-refractivity contribution in [1.82, 2.24) is 0 Å². The van der Waals surface area contributed by atoms with Gasteiger partial charge in [-0.3, -0.25) is 0 Å². The minimum Gasteiger partial charge on any atom is -0.394 e. The van der Waals surface area contributed by atoms with Crippen LogP contribution < -0.4 is 5.32 Å². The first-order valence-electron chi connectivity index (χ1n) is 4.22. The van der Waals surface area contributed by atoms with Gasteiger partial charge in [0.15, 0.2) is 0 Å². The molecule has 0 saturated heterocycles. The number of aliphatic hydroxyl groups is 2. The van der Waals surface area contributed by atoms with Crippen LogP contribution in [0.2, 0.25) is 5.02 Å². The summed E-state index contributed by atoms with van der Waals surface area (Å²) in [6, 6.07) is 2.80. The maximum atomic E-state index is 13.3. The topological polar surface area (TPSA) is 52.5 Å². The maximum absolute atomic E-state index is 13.3. The van der Waals surface area contributed by atoms with Crippen molar-refractivity contribution in [3.8, 4) is 0 Å². The molecule has 3 nitrogen and oxygen atoms in total. The normalized spacial score (nSPS) is 12.6.